The SMILES string of the molecule is CC1CN(Cc2nncn2C)CCC1N. The molecule has 1 aliphatic heterocycles. The zero-order valence-corrected chi connectivity index (χ0v) is 9.43. The first-order valence-electron chi connectivity index (χ1n) is 5.47. The molecule has 0 spiro atoms. The van der Waals surface area contributed by atoms with Crippen molar-refractivity contribution >= 4 is 0 Å². The summed E-state index contributed by atoms with van der Waals surface area (Å²) in [6.07, 6.45) is 2.83. The summed E-state index contributed by atoms with van der Waals surface area (Å²) in [4.78, 5) is 2.40. The number of nitrogens with two attached hydrogens (primary N) is 1. The van der Waals surface area contributed by atoms with Gasteiger partial charge in [0.15, 0.2) is 0 Å². The predicted octanol–water partition coefficient (Wildman–Crippen LogP) is -0.0158. The normalized spacial score (nSPS) is 28.2. The fourth-order valence-electron chi connectivity index (χ4n) is 2.04. The minimum Gasteiger partial charge on any atom is -0.327 e. The zero-order chi connectivity index (χ0) is 10.8. The lowest BCUT2D eigenvalue weighted by Gasteiger charge is -2.34. The van der Waals surface area contributed by atoms with Crippen LogP contribution in [0.2, 0.25) is 0 Å². The highest BCUT2D eigenvalue weighted by Gasteiger charge is 2.23. The maximum atomic E-state index is 5.98. The second kappa shape index (κ2) is 4.28. The van der Waals surface area contributed by atoms with Crippen molar-refractivity contribution in [2.45, 2.75) is 25.9 Å². The maximum absolute atomic E-state index is 5.98. The number of hydrogen-bond acceptors (Lipinski definition) is 4. The minimum atomic E-state index is 0.362. The van der Waals surface area contributed by atoms with Crippen molar-refractivity contribution in [3.05, 3.63) is 12.2 Å². The Morgan fingerprint density at radius 2 is 2.40 bits per heavy atom. The lowest BCUT2D eigenvalue weighted by Crippen LogP contribution is -2.45. The molecule has 5 nitrogen and oxygen atoms in total. The van der Waals surface area contributed by atoms with Gasteiger partial charge < -0.3 is 10.3 Å². The summed E-state index contributed by atoms with van der Waals surface area (Å²) >= 11 is 0. The molecule has 2 unspecified atom stereocenters. The van der Waals surface area contributed by atoms with Gasteiger partial charge in [0.2, 0.25) is 0 Å². The number of rotatable bonds is 2. The Kier molecular flexibility index (Phi) is 3.02. The summed E-state index contributed by atoms with van der Waals surface area (Å²) in [5, 5.41) is 7.98. The van der Waals surface area contributed by atoms with Crippen LogP contribution in [0.15, 0.2) is 6.33 Å². The Bertz CT molecular complexity index is 321. The summed E-state index contributed by atoms with van der Waals surface area (Å²) in [5.74, 6) is 1.60. The van der Waals surface area contributed by atoms with E-state index < -0.39 is 0 Å². The van der Waals surface area contributed by atoms with Gasteiger partial charge in [0.05, 0.1) is 6.54 Å². The molecule has 0 amide bonds. The van der Waals surface area contributed by atoms with Crippen molar-refractivity contribution in [1.82, 2.24) is 19.7 Å². The number of piperidine rings is 1. The van der Waals surface area contributed by atoms with Gasteiger partial charge in [-0.3, -0.25) is 4.90 Å². The van der Waals surface area contributed by atoms with E-state index in [-0.39, 0.29) is 0 Å². The van der Waals surface area contributed by atoms with Crippen LogP contribution in [-0.4, -0.2) is 38.8 Å². The molecule has 2 rings (SSSR count). The van der Waals surface area contributed by atoms with Gasteiger partial charge >= 0.3 is 0 Å². The zero-order valence-electron chi connectivity index (χ0n) is 9.43. The van der Waals surface area contributed by atoms with Crippen LogP contribution in [0, 0.1) is 5.92 Å². The maximum Gasteiger partial charge on any atom is 0.146 e. The Hall–Kier alpha value is -0.940. The summed E-state index contributed by atoms with van der Waals surface area (Å²) < 4.78 is 1.97. The number of hydrogen-bond donors (Lipinski definition) is 1. The minimum absolute atomic E-state index is 0.362. The fourth-order valence-corrected chi connectivity index (χ4v) is 2.04. The largest absolute Gasteiger partial charge is 0.327 e. The quantitative estimate of drug-likeness (QED) is 0.744. The van der Waals surface area contributed by atoms with E-state index in [2.05, 4.69) is 22.0 Å². The van der Waals surface area contributed by atoms with Gasteiger partial charge in [0.1, 0.15) is 12.2 Å². The van der Waals surface area contributed by atoms with Crippen LogP contribution in [0.25, 0.3) is 0 Å². The third-order valence-electron chi connectivity index (χ3n) is 3.23. The molecule has 1 aromatic heterocycles. The van der Waals surface area contributed by atoms with E-state index in [1.807, 2.05) is 11.6 Å². The van der Waals surface area contributed by atoms with Gasteiger partial charge in [-0.2, -0.15) is 0 Å². The van der Waals surface area contributed by atoms with Crippen LogP contribution in [0.1, 0.15) is 19.2 Å². The number of aryl methyl sites for hydroxylation is 1. The number of likely N-dealkylation sites (tertiary alicyclic amines) is 1. The summed E-state index contributed by atoms with van der Waals surface area (Å²) in [5.41, 5.74) is 5.98. The lowest BCUT2D eigenvalue weighted by atomic mass is 9.95. The van der Waals surface area contributed by atoms with E-state index in [1.54, 1.807) is 6.33 Å². The van der Waals surface area contributed by atoms with Crippen molar-refractivity contribution in [1.29, 1.82) is 0 Å². The monoisotopic (exact) mass is 209 g/mol. The van der Waals surface area contributed by atoms with Crippen molar-refractivity contribution in [2.75, 3.05) is 13.1 Å². The number of aromatic nitrogens is 3. The average molecular weight is 209 g/mol. The van der Waals surface area contributed by atoms with Gasteiger partial charge in [0.25, 0.3) is 0 Å². The van der Waals surface area contributed by atoms with Gasteiger partial charge in [-0.05, 0) is 12.3 Å². The Balaban J connectivity index is 1.94. The first-order valence-corrected chi connectivity index (χ1v) is 5.47. The van der Waals surface area contributed by atoms with Crippen LogP contribution >= 0.6 is 0 Å². The first kappa shape index (κ1) is 10.6. The van der Waals surface area contributed by atoms with E-state index in [0.29, 0.717) is 12.0 Å². The van der Waals surface area contributed by atoms with E-state index in [9.17, 15) is 0 Å². The predicted molar refractivity (Wildman–Crippen MR) is 58.0 cm³/mol. The molecule has 1 aromatic rings. The molecule has 0 aromatic carbocycles. The molecular formula is C10H19N5. The van der Waals surface area contributed by atoms with Gasteiger partial charge in [-0.1, -0.05) is 6.92 Å². The van der Waals surface area contributed by atoms with Crippen LogP contribution in [0.3, 0.4) is 0 Å². The van der Waals surface area contributed by atoms with E-state index in [1.165, 1.54) is 0 Å². The highest BCUT2D eigenvalue weighted by molar-refractivity contribution is 4.87. The smallest absolute Gasteiger partial charge is 0.146 e. The Morgan fingerprint density at radius 3 is 3.00 bits per heavy atom. The molecule has 0 bridgehead atoms. The fraction of sp³-hybridized carbons (Fsp3) is 0.800. The first-order chi connectivity index (χ1) is 7.16. The molecule has 1 saturated heterocycles. The Labute approximate surface area is 90.3 Å². The van der Waals surface area contributed by atoms with Crippen LogP contribution in [-0.2, 0) is 13.6 Å². The van der Waals surface area contributed by atoms with E-state index in [0.717, 1.165) is 31.9 Å². The van der Waals surface area contributed by atoms with Crippen molar-refractivity contribution in [2.24, 2.45) is 18.7 Å². The molecule has 5 heteroatoms. The number of nitrogens with zero attached hydrogens (tertiary/aromatic N) is 4. The Morgan fingerprint density at radius 1 is 1.60 bits per heavy atom. The third kappa shape index (κ3) is 2.35. The highest BCUT2D eigenvalue weighted by Crippen LogP contribution is 2.16. The molecule has 1 aliphatic rings. The second-order valence-corrected chi connectivity index (χ2v) is 4.52. The van der Waals surface area contributed by atoms with Crippen molar-refractivity contribution in [3.8, 4) is 0 Å². The molecule has 15 heavy (non-hydrogen) atoms. The molecular weight excluding hydrogens is 190 g/mol. The molecule has 2 N–H and O–H groups in total. The topological polar surface area (TPSA) is 60.0 Å². The van der Waals surface area contributed by atoms with Crippen molar-refractivity contribution in [3.63, 3.8) is 0 Å². The van der Waals surface area contributed by atoms with Crippen LogP contribution < -0.4 is 5.73 Å². The van der Waals surface area contributed by atoms with E-state index in [4.69, 9.17) is 5.73 Å². The summed E-state index contributed by atoms with van der Waals surface area (Å²) in [6.45, 7) is 5.23. The lowest BCUT2D eigenvalue weighted by molar-refractivity contribution is 0.153. The van der Waals surface area contributed by atoms with Crippen molar-refractivity contribution < 1.29 is 0 Å². The van der Waals surface area contributed by atoms with Crippen LogP contribution in [0.5, 0.6) is 0 Å². The summed E-state index contributed by atoms with van der Waals surface area (Å²) in [7, 11) is 1.98. The average Bonchev–Trinajstić information content (AvgIpc) is 2.59. The van der Waals surface area contributed by atoms with Gasteiger partial charge in [0, 0.05) is 26.2 Å². The molecule has 2 heterocycles. The molecule has 1 fully saturated rings. The van der Waals surface area contributed by atoms with E-state index >= 15 is 0 Å². The van der Waals surface area contributed by atoms with Gasteiger partial charge in [-0.25, -0.2) is 0 Å². The molecule has 84 valence electrons. The second-order valence-electron chi connectivity index (χ2n) is 4.52. The summed E-state index contributed by atoms with van der Waals surface area (Å²) in [6, 6.07) is 0.362. The highest BCUT2D eigenvalue weighted by atomic mass is 15.3. The standard InChI is InChI=1S/C10H19N5/c1-8-5-15(4-3-9(8)11)6-10-13-12-7-14(10)2/h7-9H,3-6,11H2,1-2H3. The van der Waals surface area contributed by atoms with Crippen LogP contribution in [0.4, 0.5) is 0 Å². The molecule has 0 saturated carbocycles. The molecule has 0 aliphatic carbocycles. The van der Waals surface area contributed by atoms with Gasteiger partial charge in [-0.15, -0.1) is 10.2 Å². The molecule has 2 atom stereocenters. The molecule has 0 radical (unpaired) electrons. The third-order valence-corrected chi connectivity index (χ3v) is 3.23.